The Morgan fingerprint density at radius 3 is 2.91 bits per heavy atom. The van der Waals surface area contributed by atoms with Crippen LogP contribution in [0.5, 0.6) is 11.5 Å². The molecule has 0 bridgehead atoms. The molecule has 23 heavy (non-hydrogen) atoms. The van der Waals surface area contributed by atoms with E-state index in [0.717, 1.165) is 48.1 Å². The van der Waals surface area contributed by atoms with E-state index < -0.39 is 0 Å². The second kappa shape index (κ2) is 7.93. The number of amides is 1. The van der Waals surface area contributed by atoms with Crippen LogP contribution >= 0.6 is 11.8 Å². The van der Waals surface area contributed by atoms with Crippen LogP contribution in [0.2, 0.25) is 0 Å². The van der Waals surface area contributed by atoms with Gasteiger partial charge in [-0.15, -0.1) is 11.8 Å². The number of carbonyl (C=O) groups excluding carboxylic acids is 1. The van der Waals surface area contributed by atoms with E-state index in [1.807, 2.05) is 23.1 Å². The number of ether oxygens (including phenoxy) is 2. The molecule has 2 aliphatic heterocycles. The molecule has 0 spiro atoms. The molecule has 0 aliphatic carbocycles. The molecule has 1 aromatic carbocycles. The molecule has 1 amide bonds. The van der Waals surface area contributed by atoms with Crippen molar-refractivity contribution in [2.45, 2.75) is 24.2 Å². The van der Waals surface area contributed by atoms with Gasteiger partial charge in [0.2, 0.25) is 5.91 Å². The highest BCUT2D eigenvalue weighted by molar-refractivity contribution is 7.99. The molecular weight excluding hydrogens is 312 g/mol. The van der Waals surface area contributed by atoms with Crippen LogP contribution in [0.3, 0.4) is 0 Å². The van der Waals surface area contributed by atoms with E-state index in [1.54, 1.807) is 11.8 Å². The summed E-state index contributed by atoms with van der Waals surface area (Å²) >= 11 is 1.69. The molecule has 0 radical (unpaired) electrons. The molecule has 1 saturated heterocycles. The largest absolute Gasteiger partial charge is 0.490 e. The number of thioether (sulfide) groups is 1. The minimum Gasteiger partial charge on any atom is -0.490 e. The number of hydrogen-bond donors (Lipinski definition) is 1. The van der Waals surface area contributed by atoms with Gasteiger partial charge in [-0.1, -0.05) is 0 Å². The first-order valence-electron chi connectivity index (χ1n) is 8.26. The van der Waals surface area contributed by atoms with Crippen molar-refractivity contribution in [1.29, 1.82) is 0 Å². The average molecular weight is 336 g/mol. The topological polar surface area (TPSA) is 64.8 Å². The molecule has 5 nitrogen and oxygen atoms in total. The number of benzene rings is 1. The zero-order chi connectivity index (χ0) is 16.1. The van der Waals surface area contributed by atoms with Crippen molar-refractivity contribution in [2.24, 2.45) is 11.7 Å². The van der Waals surface area contributed by atoms with Crippen LogP contribution in [-0.4, -0.2) is 49.4 Å². The Bertz CT molecular complexity index is 553. The normalized spacial score (nSPS) is 20.4. The lowest BCUT2D eigenvalue weighted by Gasteiger charge is -2.16. The molecular formula is C17H24N2O3S. The summed E-state index contributed by atoms with van der Waals surface area (Å²) in [5.74, 6) is 3.12. The highest BCUT2D eigenvalue weighted by atomic mass is 32.2. The summed E-state index contributed by atoms with van der Waals surface area (Å²) in [6.45, 7) is 3.75. The minimum atomic E-state index is 0.239. The molecule has 126 valence electrons. The number of hydrogen-bond acceptors (Lipinski definition) is 5. The summed E-state index contributed by atoms with van der Waals surface area (Å²) in [6.07, 6.45) is 2.51. The summed E-state index contributed by atoms with van der Waals surface area (Å²) in [6, 6.07) is 6.00. The molecule has 1 atom stereocenters. The van der Waals surface area contributed by atoms with Crippen molar-refractivity contribution < 1.29 is 14.3 Å². The number of likely N-dealkylation sites (tertiary alicyclic amines) is 1. The monoisotopic (exact) mass is 336 g/mol. The van der Waals surface area contributed by atoms with Gasteiger partial charge < -0.3 is 20.1 Å². The quantitative estimate of drug-likeness (QED) is 0.835. The molecule has 2 N–H and O–H groups in total. The Morgan fingerprint density at radius 1 is 1.30 bits per heavy atom. The smallest absolute Gasteiger partial charge is 0.223 e. The van der Waals surface area contributed by atoms with Gasteiger partial charge in [0.1, 0.15) is 0 Å². The number of nitrogens with two attached hydrogens (primary N) is 1. The second-order valence-corrected chi connectivity index (χ2v) is 7.16. The van der Waals surface area contributed by atoms with Crippen LogP contribution in [0.4, 0.5) is 0 Å². The Morgan fingerprint density at radius 2 is 2.13 bits per heavy atom. The molecule has 0 aromatic heterocycles. The van der Waals surface area contributed by atoms with Gasteiger partial charge in [0.25, 0.3) is 0 Å². The number of nitrogens with zero attached hydrogens (tertiary/aromatic N) is 1. The zero-order valence-electron chi connectivity index (χ0n) is 13.3. The molecule has 3 rings (SSSR count). The molecule has 1 aromatic rings. The Hall–Kier alpha value is -1.40. The third-order valence-corrected chi connectivity index (χ3v) is 5.27. The van der Waals surface area contributed by atoms with Gasteiger partial charge in [-0.3, -0.25) is 4.79 Å². The fourth-order valence-electron chi connectivity index (χ4n) is 2.90. The van der Waals surface area contributed by atoms with E-state index in [0.29, 0.717) is 32.1 Å². The summed E-state index contributed by atoms with van der Waals surface area (Å²) < 4.78 is 11.3. The van der Waals surface area contributed by atoms with Crippen LogP contribution in [-0.2, 0) is 4.79 Å². The molecule has 1 fully saturated rings. The van der Waals surface area contributed by atoms with E-state index in [1.165, 1.54) is 0 Å². The molecule has 0 saturated carbocycles. The van der Waals surface area contributed by atoms with Crippen LogP contribution < -0.4 is 15.2 Å². The molecule has 2 heterocycles. The van der Waals surface area contributed by atoms with Gasteiger partial charge in [-0.25, -0.2) is 0 Å². The van der Waals surface area contributed by atoms with Crippen LogP contribution in [0, 0.1) is 5.92 Å². The predicted molar refractivity (Wildman–Crippen MR) is 91.1 cm³/mol. The van der Waals surface area contributed by atoms with Gasteiger partial charge in [0.15, 0.2) is 11.5 Å². The Balaban J connectivity index is 1.47. The Labute approximate surface area is 141 Å². The van der Waals surface area contributed by atoms with Crippen molar-refractivity contribution in [1.82, 2.24) is 4.90 Å². The first-order valence-corrected chi connectivity index (χ1v) is 9.25. The lowest BCUT2D eigenvalue weighted by atomic mass is 10.1. The highest BCUT2D eigenvalue weighted by Crippen LogP contribution is 2.34. The first kappa shape index (κ1) is 16.5. The highest BCUT2D eigenvalue weighted by Gasteiger charge is 2.24. The van der Waals surface area contributed by atoms with E-state index in [-0.39, 0.29) is 5.91 Å². The van der Waals surface area contributed by atoms with E-state index in [9.17, 15) is 4.79 Å². The second-order valence-electron chi connectivity index (χ2n) is 5.99. The van der Waals surface area contributed by atoms with Crippen molar-refractivity contribution in [3.05, 3.63) is 18.2 Å². The average Bonchev–Trinajstić information content (AvgIpc) is 2.93. The maximum absolute atomic E-state index is 12.2. The van der Waals surface area contributed by atoms with Crippen LogP contribution in [0.25, 0.3) is 0 Å². The van der Waals surface area contributed by atoms with Crippen molar-refractivity contribution in [2.75, 3.05) is 38.6 Å². The van der Waals surface area contributed by atoms with E-state index in [4.69, 9.17) is 15.2 Å². The minimum absolute atomic E-state index is 0.239. The standard InChI is InChI=1S/C17H24N2O3S/c18-11-13-4-6-19(12-13)17(20)5-9-23-14-2-3-15-16(10-14)22-8-1-7-21-15/h2-3,10,13H,1,4-9,11-12,18H2. The van der Waals surface area contributed by atoms with Crippen LogP contribution in [0.15, 0.2) is 23.1 Å². The first-order chi connectivity index (χ1) is 11.3. The number of rotatable bonds is 5. The zero-order valence-corrected chi connectivity index (χ0v) is 14.1. The predicted octanol–water partition coefficient (Wildman–Crippen LogP) is 2.14. The third-order valence-electron chi connectivity index (χ3n) is 4.28. The lowest BCUT2D eigenvalue weighted by molar-refractivity contribution is -0.129. The molecule has 6 heteroatoms. The molecule has 1 unspecified atom stereocenters. The van der Waals surface area contributed by atoms with Crippen molar-refractivity contribution in [3.63, 3.8) is 0 Å². The SMILES string of the molecule is NCC1CCN(C(=O)CCSc2ccc3c(c2)OCCCO3)C1. The lowest BCUT2D eigenvalue weighted by Crippen LogP contribution is -2.30. The summed E-state index contributed by atoms with van der Waals surface area (Å²) in [5, 5.41) is 0. The van der Waals surface area contributed by atoms with Gasteiger partial charge in [0.05, 0.1) is 13.2 Å². The van der Waals surface area contributed by atoms with Gasteiger partial charge in [0, 0.05) is 36.6 Å². The van der Waals surface area contributed by atoms with E-state index >= 15 is 0 Å². The fourth-order valence-corrected chi connectivity index (χ4v) is 3.77. The maximum Gasteiger partial charge on any atom is 0.223 e. The fraction of sp³-hybridized carbons (Fsp3) is 0.588. The van der Waals surface area contributed by atoms with Gasteiger partial charge in [-0.05, 0) is 37.1 Å². The number of fused-ring (bicyclic) bond motifs is 1. The summed E-state index contributed by atoms with van der Waals surface area (Å²) in [5.41, 5.74) is 5.67. The summed E-state index contributed by atoms with van der Waals surface area (Å²) in [4.78, 5) is 15.3. The van der Waals surface area contributed by atoms with Gasteiger partial charge >= 0.3 is 0 Å². The van der Waals surface area contributed by atoms with Gasteiger partial charge in [-0.2, -0.15) is 0 Å². The number of carbonyl (C=O) groups is 1. The van der Waals surface area contributed by atoms with Crippen LogP contribution in [0.1, 0.15) is 19.3 Å². The van der Waals surface area contributed by atoms with Crippen molar-refractivity contribution in [3.8, 4) is 11.5 Å². The summed E-state index contributed by atoms with van der Waals surface area (Å²) in [7, 11) is 0. The molecule has 2 aliphatic rings. The Kier molecular flexibility index (Phi) is 5.67. The van der Waals surface area contributed by atoms with Crippen molar-refractivity contribution >= 4 is 17.7 Å². The van der Waals surface area contributed by atoms with E-state index in [2.05, 4.69) is 0 Å². The maximum atomic E-state index is 12.2. The third kappa shape index (κ3) is 4.32.